The molecule has 15 aromatic rings. The molecule has 0 aliphatic carbocycles. The molecule has 2 aromatic heterocycles. The highest BCUT2D eigenvalue weighted by Gasteiger charge is 2.26. The highest BCUT2D eigenvalue weighted by molar-refractivity contribution is 9.11. The molecule has 2 heterocycles. The Balaban J connectivity index is 0.000000149. The van der Waals surface area contributed by atoms with E-state index in [0.29, 0.717) is 0 Å². The molecule has 0 radical (unpaired) electrons. The Morgan fingerprint density at radius 3 is 0.867 bits per heavy atom. The third-order valence-corrected chi connectivity index (χ3v) is 19.3. The second-order valence-electron chi connectivity index (χ2n) is 20.6. The number of rotatable bonds is 9. The monoisotopic (exact) mass is 1200 g/mol. The molecule has 0 bridgehead atoms. The molecule has 0 aliphatic rings. The molecule has 0 saturated carbocycles. The van der Waals surface area contributed by atoms with E-state index in [0.717, 1.165) is 25.0 Å². The molecule has 0 nitrogen and oxygen atoms in total. The summed E-state index contributed by atoms with van der Waals surface area (Å²) < 4.78 is 3.76. The van der Waals surface area contributed by atoms with Gasteiger partial charge in [0.05, 0.1) is 3.79 Å². The van der Waals surface area contributed by atoms with Crippen LogP contribution < -0.4 is 0 Å². The van der Waals surface area contributed by atoms with E-state index in [1.807, 2.05) is 46.9 Å². The molecule has 0 N–H and O–H groups in total. The molecule has 0 aliphatic heterocycles. The van der Waals surface area contributed by atoms with Crippen molar-refractivity contribution in [2.24, 2.45) is 0 Å². The largest absolute Gasteiger partial charge is 0.134 e. The minimum atomic E-state index is 0.748. The summed E-state index contributed by atoms with van der Waals surface area (Å²) in [6, 6.07) is 106. The zero-order valence-electron chi connectivity index (χ0n) is 44.7. The summed E-state index contributed by atoms with van der Waals surface area (Å²) in [6.07, 6.45) is 0. The van der Waals surface area contributed by atoms with Crippen LogP contribution in [-0.2, 0) is 0 Å². The predicted molar refractivity (Wildman–Crippen MR) is 365 cm³/mol. The minimum absolute atomic E-state index is 0.748. The van der Waals surface area contributed by atoms with Gasteiger partial charge < -0.3 is 0 Å². The topological polar surface area (TPSA) is 0 Å². The molecule has 0 unspecified atom stereocenters. The SMILES string of the molecule is Clc1ccc(-c2ccc(-c3c(-c4ccccc4)c4sc(-c5ccccc5)c(-c5ccccc5)c4c4ccccc34)cc2)cc1.Clc1ccc(-c2ccc(-c3c(-c4ccccc4)c4sc(Br)c(-c5ccccc5)c4c4ccccc34)cc2)cc1. The molecule has 0 saturated heterocycles. The lowest BCUT2D eigenvalue weighted by molar-refractivity contribution is 1.60. The van der Waals surface area contributed by atoms with E-state index in [1.54, 1.807) is 0 Å². The molecule has 0 amide bonds. The average Bonchev–Trinajstić information content (AvgIpc) is 4.37. The van der Waals surface area contributed by atoms with Crippen molar-refractivity contribution in [2.45, 2.75) is 0 Å². The molecule has 0 atom stereocenters. The number of benzene rings is 13. The Labute approximate surface area is 509 Å². The minimum Gasteiger partial charge on any atom is -0.134 e. The Bertz CT molecular complexity index is 4790. The Morgan fingerprint density at radius 2 is 0.482 bits per heavy atom. The van der Waals surface area contributed by atoms with Crippen LogP contribution in [0.5, 0.6) is 0 Å². The van der Waals surface area contributed by atoms with Gasteiger partial charge in [0.1, 0.15) is 0 Å². The lowest BCUT2D eigenvalue weighted by Gasteiger charge is -2.17. The van der Waals surface area contributed by atoms with E-state index in [9.17, 15) is 0 Å². The maximum absolute atomic E-state index is 6.18. The van der Waals surface area contributed by atoms with Crippen LogP contribution in [0.3, 0.4) is 0 Å². The summed E-state index contributed by atoms with van der Waals surface area (Å²) in [7, 11) is 0. The molecule has 0 spiro atoms. The molecule has 13 aromatic carbocycles. The van der Waals surface area contributed by atoms with Crippen LogP contribution in [0.25, 0.3) is 141 Å². The third kappa shape index (κ3) is 9.99. The number of halogens is 3. The predicted octanol–water partition coefficient (Wildman–Crippen LogP) is 25.2. The Kier molecular flexibility index (Phi) is 14.5. The van der Waals surface area contributed by atoms with Crippen molar-refractivity contribution in [2.75, 3.05) is 0 Å². The quantitative estimate of drug-likeness (QED) is 0.135. The van der Waals surface area contributed by atoms with Gasteiger partial charge in [-0.3, -0.25) is 0 Å². The zero-order chi connectivity index (χ0) is 55.8. The molecule has 394 valence electrons. The van der Waals surface area contributed by atoms with E-state index in [2.05, 4.69) is 289 Å². The summed E-state index contributed by atoms with van der Waals surface area (Å²) in [6.45, 7) is 0. The number of fused-ring (bicyclic) bond motifs is 6. The molecule has 83 heavy (non-hydrogen) atoms. The maximum Gasteiger partial charge on any atom is 0.0789 e. The van der Waals surface area contributed by atoms with Crippen LogP contribution in [-0.4, -0.2) is 0 Å². The van der Waals surface area contributed by atoms with E-state index in [-0.39, 0.29) is 0 Å². The average molecular weight is 1200 g/mol. The first-order chi connectivity index (χ1) is 40.9. The maximum atomic E-state index is 6.18. The van der Waals surface area contributed by atoms with Crippen LogP contribution in [0.2, 0.25) is 10.0 Å². The van der Waals surface area contributed by atoms with Crippen molar-refractivity contribution in [1.82, 2.24) is 0 Å². The zero-order valence-corrected chi connectivity index (χ0v) is 49.5. The van der Waals surface area contributed by atoms with Crippen LogP contribution in [0.4, 0.5) is 0 Å². The fourth-order valence-corrected chi connectivity index (χ4v) is 15.6. The fraction of sp³-hybridized carbons (Fsp3) is 0. The van der Waals surface area contributed by atoms with Gasteiger partial charge in [-0.1, -0.05) is 296 Å². The van der Waals surface area contributed by atoms with Gasteiger partial charge in [0.2, 0.25) is 0 Å². The lowest BCUT2D eigenvalue weighted by Crippen LogP contribution is -1.91. The summed E-state index contributed by atoms with van der Waals surface area (Å²) in [5.41, 5.74) is 20.9. The van der Waals surface area contributed by atoms with E-state index >= 15 is 0 Å². The summed E-state index contributed by atoms with van der Waals surface area (Å²) >= 11 is 20.0. The first-order valence-corrected chi connectivity index (χ1v) is 30.8. The van der Waals surface area contributed by atoms with Crippen LogP contribution >= 0.6 is 61.8 Å². The van der Waals surface area contributed by atoms with Gasteiger partial charge in [0.25, 0.3) is 0 Å². The molecule has 0 fully saturated rings. The van der Waals surface area contributed by atoms with Gasteiger partial charge >= 0.3 is 0 Å². The highest BCUT2D eigenvalue weighted by Crippen LogP contribution is 2.56. The number of thiophene rings is 2. The van der Waals surface area contributed by atoms with Crippen molar-refractivity contribution in [3.05, 3.63) is 311 Å². The number of hydrogen-bond donors (Lipinski definition) is 0. The summed E-state index contributed by atoms with van der Waals surface area (Å²) in [4.78, 5) is 1.30. The molecular formula is C78H49BrCl2S2. The van der Waals surface area contributed by atoms with E-state index < -0.39 is 0 Å². The standard InChI is InChI=1S/C42H27ClS.C36H22BrClS/c43-34-26-24-29(25-27-34)28-20-22-32(23-21-28)37-35-18-10-11-19-36(35)40-39(31-14-6-2-7-15-31)41(33-16-8-3-9-17-33)44-42(40)38(37)30-12-4-1-5-13-30;37-36-33(26-11-5-2-6-12-26)34-30-14-8-7-13-29(30)31(32(35(34)39-36)25-9-3-1-4-10-25)27-17-15-23(16-18-27)24-19-21-28(38)22-20-24/h1-27H;1-22H. The van der Waals surface area contributed by atoms with Crippen molar-refractivity contribution < 1.29 is 0 Å². The van der Waals surface area contributed by atoms with Gasteiger partial charge in [-0.15, -0.1) is 22.7 Å². The van der Waals surface area contributed by atoms with Gasteiger partial charge in [0, 0.05) is 57.3 Å². The van der Waals surface area contributed by atoms with Crippen LogP contribution in [0.15, 0.2) is 301 Å². The summed E-state index contributed by atoms with van der Waals surface area (Å²) in [5.74, 6) is 0. The van der Waals surface area contributed by atoms with Gasteiger partial charge in [-0.25, -0.2) is 0 Å². The van der Waals surface area contributed by atoms with E-state index in [4.69, 9.17) is 23.2 Å². The fourth-order valence-electron chi connectivity index (χ4n) is 11.9. The first-order valence-electron chi connectivity index (χ1n) is 27.6. The molecule has 15 rings (SSSR count). The smallest absolute Gasteiger partial charge is 0.0789 e. The van der Waals surface area contributed by atoms with Crippen molar-refractivity contribution >= 4 is 104 Å². The van der Waals surface area contributed by atoms with Crippen LogP contribution in [0.1, 0.15) is 0 Å². The van der Waals surface area contributed by atoms with Crippen LogP contribution in [0, 0.1) is 0 Å². The third-order valence-electron chi connectivity index (χ3n) is 15.6. The highest BCUT2D eigenvalue weighted by atomic mass is 79.9. The first kappa shape index (κ1) is 52.4. The Hall–Kier alpha value is -8.64. The van der Waals surface area contributed by atoms with Gasteiger partial charge in [0.15, 0.2) is 0 Å². The van der Waals surface area contributed by atoms with Crippen molar-refractivity contribution in [3.63, 3.8) is 0 Å². The molecular weight excluding hydrogens is 1150 g/mol. The van der Waals surface area contributed by atoms with Crippen molar-refractivity contribution in [3.8, 4) is 99.5 Å². The van der Waals surface area contributed by atoms with Gasteiger partial charge in [-0.05, 0) is 134 Å². The van der Waals surface area contributed by atoms with Gasteiger partial charge in [-0.2, -0.15) is 0 Å². The Morgan fingerprint density at radius 1 is 0.217 bits per heavy atom. The van der Waals surface area contributed by atoms with E-state index in [1.165, 1.54) is 130 Å². The number of hydrogen-bond acceptors (Lipinski definition) is 2. The normalized spacial score (nSPS) is 11.3. The summed E-state index contributed by atoms with van der Waals surface area (Å²) in [5, 5.41) is 9.17. The molecule has 5 heteroatoms. The second kappa shape index (κ2) is 23.0. The lowest BCUT2D eigenvalue weighted by atomic mass is 9.85. The second-order valence-corrected chi connectivity index (χ2v) is 24.8. The van der Waals surface area contributed by atoms with Crippen molar-refractivity contribution in [1.29, 1.82) is 0 Å².